The van der Waals surface area contributed by atoms with Crippen molar-refractivity contribution in [2.75, 3.05) is 25.6 Å². The largest absolute Gasteiger partial charge is 0.495 e. The van der Waals surface area contributed by atoms with E-state index in [1.807, 2.05) is 6.07 Å². The molecule has 0 radical (unpaired) electrons. The van der Waals surface area contributed by atoms with Gasteiger partial charge in [-0.3, -0.25) is 4.79 Å². The maximum atomic E-state index is 12.4. The Kier molecular flexibility index (Phi) is 5.30. The highest BCUT2D eigenvalue weighted by Gasteiger charge is 2.17. The maximum Gasteiger partial charge on any atom is 0.266 e. The molecule has 26 heavy (non-hydrogen) atoms. The van der Waals surface area contributed by atoms with Crippen molar-refractivity contribution in [1.29, 1.82) is 5.26 Å². The molecule has 0 unspecified atom stereocenters. The van der Waals surface area contributed by atoms with Crippen molar-refractivity contribution in [3.63, 3.8) is 0 Å². The van der Waals surface area contributed by atoms with Gasteiger partial charge in [-0.05, 0) is 35.9 Å². The van der Waals surface area contributed by atoms with Gasteiger partial charge in [-0.1, -0.05) is 23.7 Å². The van der Waals surface area contributed by atoms with Crippen LogP contribution in [0.25, 0.3) is 6.08 Å². The monoisotopic (exact) mass is 370 g/mol. The average molecular weight is 371 g/mol. The molecule has 0 aromatic heterocycles. The number of hydrogen-bond donors (Lipinski definition) is 1. The molecule has 0 saturated heterocycles. The number of ether oxygens (including phenoxy) is 3. The van der Waals surface area contributed by atoms with Crippen LogP contribution in [0.2, 0.25) is 5.02 Å². The fourth-order valence-corrected chi connectivity index (χ4v) is 2.74. The van der Waals surface area contributed by atoms with Crippen molar-refractivity contribution in [2.24, 2.45) is 0 Å². The van der Waals surface area contributed by atoms with Crippen LogP contribution in [-0.4, -0.2) is 26.2 Å². The zero-order valence-electron chi connectivity index (χ0n) is 13.9. The second-order valence-electron chi connectivity index (χ2n) is 5.35. The molecule has 7 heteroatoms. The first-order chi connectivity index (χ1) is 12.6. The van der Waals surface area contributed by atoms with Crippen LogP contribution in [0.1, 0.15) is 5.56 Å². The van der Waals surface area contributed by atoms with Gasteiger partial charge in [0.15, 0.2) is 11.5 Å². The van der Waals surface area contributed by atoms with E-state index in [2.05, 4.69) is 5.32 Å². The molecule has 1 N–H and O–H groups in total. The van der Waals surface area contributed by atoms with Gasteiger partial charge >= 0.3 is 0 Å². The molecule has 1 amide bonds. The summed E-state index contributed by atoms with van der Waals surface area (Å²) in [7, 11) is 1.50. The molecule has 3 rings (SSSR count). The first kappa shape index (κ1) is 17.6. The molecular formula is C19H15ClN2O4. The zero-order chi connectivity index (χ0) is 18.5. The third-order valence-electron chi connectivity index (χ3n) is 3.65. The van der Waals surface area contributed by atoms with Crippen molar-refractivity contribution >= 4 is 29.3 Å². The smallest absolute Gasteiger partial charge is 0.266 e. The Bertz CT molecular complexity index is 918. The predicted molar refractivity (Wildman–Crippen MR) is 97.7 cm³/mol. The molecule has 1 aliphatic rings. The number of carbonyl (C=O) groups excluding carboxylic acids is 1. The molecule has 132 valence electrons. The van der Waals surface area contributed by atoms with Crippen molar-refractivity contribution < 1.29 is 19.0 Å². The molecule has 0 atom stereocenters. The molecule has 6 nitrogen and oxygen atoms in total. The summed E-state index contributed by atoms with van der Waals surface area (Å²) in [5, 5.41) is 12.4. The first-order valence-corrected chi connectivity index (χ1v) is 8.15. The van der Waals surface area contributed by atoms with Crippen molar-refractivity contribution in [1.82, 2.24) is 0 Å². The van der Waals surface area contributed by atoms with Crippen LogP contribution in [0.3, 0.4) is 0 Å². The second kappa shape index (κ2) is 7.81. The summed E-state index contributed by atoms with van der Waals surface area (Å²) in [6, 6.07) is 12.1. The van der Waals surface area contributed by atoms with Crippen LogP contribution in [0, 0.1) is 11.3 Å². The number of methoxy groups -OCH3 is 1. The number of nitrogens with one attached hydrogen (secondary N) is 1. The summed E-state index contributed by atoms with van der Waals surface area (Å²) in [5.74, 6) is 0.896. The highest BCUT2D eigenvalue weighted by Crippen LogP contribution is 2.38. The lowest BCUT2D eigenvalue weighted by molar-refractivity contribution is -0.112. The summed E-state index contributed by atoms with van der Waals surface area (Å²) >= 11 is 6.19. The Hall–Kier alpha value is -3.17. The number of rotatable bonds is 4. The van der Waals surface area contributed by atoms with Gasteiger partial charge in [-0.2, -0.15) is 5.26 Å². The molecule has 0 fully saturated rings. The number of amides is 1. The Balaban J connectivity index is 1.87. The minimum Gasteiger partial charge on any atom is -0.495 e. The van der Waals surface area contributed by atoms with Gasteiger partial charge in [-0.15, -0.1) is 0 Å². The lowest BCUT2D eigenvalue weighted by atomic mass is 10.1. The Morgan fingerprint density at radius 3 is 2.85 bits per heavy atom. The van der Waals surface area contributed by atoms with Crippen LogP contribution < -0.4 is 19.5 Å². The number of carbonyl (C=O) groups is 1. The van der Waals surface area contributed by atoms with Gasteiger partial charge in [-0.25, -0.2) is 0 Å². The van der Waals surface area contributed by atoms with E-state index in [4.69, 9.17) is 25.8 Å². The van der Waals surface area contributed by atoms with Gasteiger partial charge in [0.05, 0.1) is 17.8 Å². The van der Waals surface area contributed by atoms with Gasteiger partial charge in [0.1, 0.15) is 30.6 Å². The third kappa shape index (κ3) is 3.73. The van der Waals surface area contributed by atoms with E-state index in [0.29, 0.717) is 46.7 Å². The highest BCUT2D eigenvalue weighted by molar-refractivity contribution is 6.32. The molecule has 2 aromatic carbocycles. The topological polar surface area (TPSA) is 80.6 Å². The maximum absolute atomic E-state index is 12.4. The molecule has 1 heterocycles. The number of fused-ring (bicyclic) bond motifs is 1. The third-order valence-corrected chi connectivity index (χ3v) is 3.93. The van der Waals surface area contributed by atoms with E-state index < -0.39 is 5.91 Å². The lowest BCUT2D eigenvalue weighted by Crippen LogP contribution is -2.16. The van der Waals surface area contributed by atoms with E-state index in [1.54, 1.807) is 36.4 Å². The van der Waals surface area contributed by atoms with E-state index >= 15 is 0 Å². The van der Waals surface area contributed by atoms with Gasteiger partial charge in [0.2, 0.25) is 0 Å². The Morgan fingerprint density at radius 2 is 2.08 bits per heavy atom. The summed E-state index contributed by atoms with van der Waals surface area (Å²) in [4.78, 5) is 12.4. The minimum absolute atomic E-state index is 0.0800. The van der Waals surface area contributed by atoms with E-state index in [9.17, 15) is 10.1 Å². The summed E-state index contributed by atoms with van der Waals surface area (Å²) in [6.45, 7) is 0.836. The van der Waals surface area contributed by atoms with Crippen LogP contribution in [0.4, 0.5) is 5.69 Å². The van der Waals surface area contributed by atoms with Crippen molar-refractivity contribution in [3.8, 4) is 23.3 Å². The average Bonchev–Trinajstić information content (AvgIpc) is 2.66. The Labute approximate surface area is 155 Å². The lowest BCUT2D eigenvalue weighted by Gasteiger charge is -2.19. The summed E-state index contributed by atoms with van der Waals surface area (Å²) in [6.07, 6.45) is 1.44. The molecule has 0 spiro atoms. The highest BCUT2D eigenvalue weighted by atomic mass is 35.5. The van der Waals surface area contributed by atoms with Crippen molar-refractivity contribution in [3.05, 3.63) is 52.6 Å². The SMILES string of the molecule is COc1ccccc1NC(=O)/C(C#N)=C/c1cc(Cl)c2c(c1)OCCO2. The van der Waals surface area contributed by atoms with Gasteiger partial charge in [0.25, 0.3) is 5.91 Å². The molecule has 0 aliphatic carbocycles. The standard InChI is InChI=1S/C19H15ClN2O4/c1-24-16-5-3-2-4-15(16)22-19(23)13(11-21)8-12-9-14(20)18-17(10-12)25-6-7-26-18/h2-5,8-10H,6-7H2,1H3,(H,22,23)/b13-8+. The van der Waals surface area contributed by atoms with Crippen LogP contribution >= 0.6 is 11.6 Å². The molecule has 0 bridgehead atoms. The summed E-state index contributed by atoms with van der Waals surface area (Å²) in [5.41, 5.74) is 0.955. The van der Waals surface area contributed by atoms with E-state index in [-0.39, 0.29) is 5.57 Å². The fraction of sp³-hybridized carbons (Fsp3) is 0.158. The molecular weight excluding hydrogens is 356 g/mol. The van der Waals surface area contributed by atoms with Gasteiger partial charge in [0, 0.05) is 0 Å². The van der Waals surface area contributed by atoms with Crippen molar-refractivity contribution in [2.45, 2.75) is 0 Å². The predicted octanol–water partition coefficient (Wildman–Crippen LogP) is 3.67. The quantitative estimate of drug-likeness (QED) is 0.656. The van der Waals surface area contributed by atoms with Crippen LogP contribution in [0.15, 0.2) is 42.0 Å². The summed E-state index contributed by atoms with van der Waals surface area (Å²) < 4.78 is 16.2. The van der Waals surface area contributed by atoms with Gasteiger partial charge < -0.3 is 19.5 Å². The number of halogens is 1. The Morgan fingerprint density at radius 1 is 1.31 bits per heavy atom. The molecule has 0 saturated carbocycles. The number of benzene rings is 2. The number of nitrogens with zero attached hydrogens (tertiary/aromatic N) is 1. The minimum atomic E-state index is -0.553. The number of hydrogen-bond acceptors (Lipinski definition) is 5. The van der Waals surface area contributed by atoms with Crippen LogP contribution in [-0.2, 0) is 4.79 Å². The second-order valence-corrected chi connectivity index (χ2v) is 5.76. The molecule has 1 aliphatic heterocycles. The number of para-hydroxylation sites is 2. The molecule has 2 aromatic rings. The number of anilines is 1. The van der Waals surface area contributed by atoms with Crippen LogP contribution in [0.5, 0.6) is 17.2 Å². The zero-order valence-corrected chi connectivity index (χ0v) is 14.7. The van der Waals surface area contributed by atoms with E-state index in [0.717, 1.165) is 0 Å². The first-order valence-electron chi connectivity index (χ1n) is 7.77. The fourth-order valence-electron chi connectivity index (χ4n) is 2.47. The van der Waals surface area contributed by atoms with E-state index in [1.165, 1.54) is 13.2 Å². The number of nitriles is 1. The normalized spacial score (nSPS) is 12.9.